The molecule has 0 bridgehead atoms. The van der Waals surface area contributed by atoms with Crippen molar-refractivity contribution in [3.8, 4) is 0 Å². The van der Waals surface area contributed by atoms with Crippen LogP contribution in [-0.4, -0.2) is 32.6 Å². The number of carbonyl (C=O) groups is 2. The van der Waals surface area contributed by atoms with E-state index >= 15 is 0 Å². The summed E-state index contributed by atoms with van der Waals surface area (Å²) >= 11 is 0. The van der Waals surface area contributed by atoms with Crippen LogP contribution in [0, 0.1) is 6.92 Å². The summed E-state index contributed by atoms with van der Waals surface area (Å²) in [5, 5.41) is 13.9. The molecule has 0 aliphatic carbocycles. The van der Waals surface area contributed by atoms with Crippen LogP contribution in [0.2, 0.25) is 0 Å². The van der Waals surface area contributed by atoms with Gasteiger partial charge in [0.05, 0.1) is 0 Å². The van der Waals surface area contributed by atoms with Gasteiger partial charge in [0.15, 0.2) is 0 Å². The van der Waals surface area contributed by atoms with E-state index in [0.29, 0.717) is 18.1 Å². The normalized spacial score (nSPS) is 10.9. The molecule has 1 heterocycles. The van der Waals surface area contributed by atoms with Crippen LogP contribution in [0.1, 0.15) is 32.5 Å². The number of nitrogens with one attached hydrogen (secondary N) is 2. The first-order valence-corrected chi connectivity index (χ1v) is 5.89. The van der Waals surface area contributed by atoms with E-state index in [1.165, 1.54) is 0 Å². The molecule has 3 N–H and O–H groups in total. The minimum absolute atomic E-state index is 0.000104. The highest BCUT2D eigenvalue weighted by molar-refractivity contribution is 5.88. The zero-order valence-electron chi connectivity index (χ0n) is 11.2. The average Bonchev–Trinajstić information content (AvgIpc) is 2.25. The van der Waals surface area contributed by atoms with Gasteiger partial charge in [-0.25, -0.2) is 14.8 Å². The second kappa shape index (κ2) is 6.12. The van der Waals surface area contributed by atoms with Crippen molar-refractivity contribution in [1.82, 2.24) is 15.3 Å². The Hall–Kier alpha value is -2.18. The summed E-state index contributed by atoms with van der Waals surface area (Å²) in [5.74, 6) is 0.0729. The lowest BCUT2D eigenvalue weighted by Gasteiger charge is -2.25. The number of anilines is 1. The lowest BCUT2D eigenvalue weighted by molar-refractivity contribution is -0.137. The van der Waals surface area contributed by atoms with Crippen molar-refractivity contribution in [2.24, 2.45) is 0 Å². The van der Waals surface area contributed by atoms with Gasteiger partial charge in [0.25, 0.3) is 0 Å². The molecule has 0 radical (unpaired) electrons. The van der Waals surface area contributed by atoms with E-state index in [-0.39, 0.29) is 6.42 Å². The largest absolute Gasteiger partial charge is 0.481 e. The van der Waals surface area contributed by atoms with Crippen LogP contribution >= 0.6 is 0 Å². The van der Waals surface area contributed by atoms with Crippen LogP contribution in [0.15, 0.2) is 12.3 Å². The van der Waals surface area contributed by atoms with Crippen molar-refractivity contribution < 1.29 is 14.7 Å². The maximum absolute atomic E-state index is 11.8. The Morgan fingerprint density at radius 1 is 1.42 bits per heavy atom. The van der Waals surface area contributed by atoms with E-state index in [2.05, 4.69) is 20.6 Å². The van der Waals surface area contributed by atoms with E-state index in [4.69, 9.17) is 5.11 Å². The molecule has 104 valence electrons. The van der Waals surface area contributed by atoms with Crippen molar-refractivity contribution in [2.75, 3.05) is 5.32 Å². The van der Waals surface area contributed by atoms with Crippen molar-refractivity contribution in [3.63, 3.8) is 0 Å². The zero-order chi connectivity index (χ0) is 14.5. The monoisotopic (exact) mass is 266 g/mol. The number of nitrogens with zero attached hydrogens (tertiary/aromatic N) is 2. The average molecular weight is 266 g/mol. The van der Waals surface area contributed by atoms with Gasteiger partial charge in [-0.1, -0.05) is 0 Å². The molecule has 0 aliphatic rings. The first kappa shape index (κ1) is 14.9. The van der Waals surface area contributed by atoms with E-state index < -0.39 is 17.5 Å². The molecule has 7 heteroatoms. The van der Waals surface area contributed by atoms with Crippen LogP contribution in [0.5, 0.6) is 0 Å². The van der Waals surface area contributed by atoms with Gasteiger partial charge in [0.1, 0.15) is 11.6 Å². The minimum atomic E-state index is -0.887. The topological polar surface area (TPSA) is 104 Å². The molecule has 0 aliphatic heterocycles. The third-order valence-electron chi connectivity index (χ3n) is 2.43. The molecular formula is C12H18N4O3. The fourth-order valence-corrected chi connectivity index (χ4v) is 1.46. The molecular weight excluding hydrogens is 248 g/mol. The van der Waals surface area contributed by atoms with Crippen molar-refractivity contribution in [2.45, 2.75) is 39.2 Å². The fourth-order valence-electron chi connectivity index (χ4n) is 1.46. The molecule has 19 heavy (non-hydrogen) atoms. The van der Waals surface area contributed by atoms with Gasteiger partial charge >= 0.3 is 12.0 Å². The summed E-state index contributed by atoms with van der Waals surface area (Å²) in [5.41, 5.74) is -0.607. The summed E-state index contributed by atoms with van der Waals surface area (Å²) in [7, 11) is 0. The maximum Gasteiger partial charge on any atom is 0.320 e. The molecule has 0 unspecified atom stereocenters. The van der Waals surface area contributed by atoms with Gasteiger partial charge in [0, 0.05) is 18.2 Å². The fraction of sp³-hybridized carbons (Fsp3) is 0.500. The number of aromatic nitrogens is 2. The number of carbonyl (C=O) groups excluding carboxylic acids is 1. The molecule has 2 amide bonds. The summed E-state index contributed by atoms with van der Waals surface area (Å²) in [6.45, 7) is 5.25. The second-order valence-electron chi connectivity index (χ2n) is 4.85. The van der Waals surface area contributed by atoms with Crippen molar-refractivity contribution in [3.05, 3.63) is 18.1 Å². The quantitative estimate of drug-likeness (QED) is 0.750. The SMILES string of the molecule is Cc1nccc(NC(=O)NC(C)(C)CCC(=O)O)n1. The predicted octanol–water partition coefficient (Wildman–Crippen LogP) is 1.55. The molecule has 1 rings (SSSR count). The lowest BCUT2D eigenvalue weighted by atomic mass is 9.99. The standard InChI is InChI=1S/C12H18N4O3/c1-8-13-7-5-9(14-8)15-11(19)16-12(2,3)6-4-10(17)18/h5,7H,4,6H2,1-3H3,(H,17,18)(H2,13,14,15,16,19). The Bertz CT molecular complexity index is 474. The first-order chi connectivity index (χ1) is 8.78. The first-order valence-electron chi connectivity index (χ1n) is 5.89. The number of hydrogen-bond donors (Lipinski definition) is 3. The second-order valence-corrected chi connectivity index (χ2v) is 4.85. The number of carboxylic acid groups (broad SMARTS) is 1. The minimum Gasteiger partial charge on any atom is -0.481 e. The number of aliphatic carboxylic acids is 1. The summed E-state index contributed by atoms with van der Waals surface area (Å²) < 4.78 is 0. The zero-order valence-corrected chi connectivity index (χ0v) is 11.2. The molecule has 0 aromatic carbocycles. The molecule has 1 aromatic rings. The van der Waals surface area contributed by atoms with Crippen molar-refractivity contribution in [1.29, 1.82) is 0 Å². The number of amides is 2. The summed E-state index contributed by atoms with van der Waals surface area (Å²) in [6, 6.07) is 1.16. The number of urea groups is 1. The predicted molar refractivity (Wildman–Crippen MR) is 69.9 cm³/mol. The smallest absolute Gasteiger partial charge is 0.320 e. The van der Waals surface area contributed by atoms with Crippen LogP contribution in [0.25, 0.3) is 0 Å². The van der Waals surface area contributed by atoms with Crippen molar-refractivity contribution >= 4 is 17.8 Å². The van der Waals surface area contributed by atoms with Gasteiger partial charge in [0.2, 0.25) is 0 Å². The maximum atomic E-state index is 11.8. The molecule has 0 atom stereocenters. The number of aryl methyl sites for hydroxylation is 1. The van der Waals surface area contributed by atoms with E-state index in [0.717, 1.165) is 0 Å². The highest BCUT2D eigenvalue weighted by Crippen LogP contribution is 2.11. The van der Waals surface area contributed by atoms with Gasteiger partial charge in [-0.15, -0.1) is 0 Å². The van der Waals surface area contributed by atoms with Crippen LogP contribution in [0.4, 0.5) is 10.6 Å². The highest BCUT2D eigenvalue weighted by Gasteiger charge is 2.21. The van der Waals surface area contributed by atoms with Gasteiger partial charge < -0.3 is 10.4 Å². The van der Waals surface area contributed by atoms with E-state index in [9.17, 15) is 9.59 Å². The third kappa shape index (κ3) is 5.80. The lowest BCUT2D eigenvalue weighted by Crippen LogP contribution is -2.45. The van der Waals surface area contributed by atoms with Gasteiger partial charge in [-0.05, 0) is 33.3 Å². The molecule has 7 nitrogen and oxygen atoms in total. The number of rotatable bonds is 5. The molecule has 0 saturated carbocycles. The van der Waals surface area contributed by atoms with Gasteiger partial charge in [-0.2, -0.15) is 0 Å². The number of hydrogen-bond acceptors (Lipinski definition) is 4. The molecule has 1 aromatic heterocycles. The Morgan fingerprint density at radius 2 is 2.11 bits per heavy atom. The molecule has 0 saturated heterocycles. The third-order valence-corrected chi connectivity index (χ3v) is 2.43. The van der Waals surface area contributed by atoms with Crippen LogP contribution in [0.3, 0.4) is 0 Å². The molecule has 0 fully saturated rings. The summed E-state index contributed by atoms with van der Waals surface area (Å²) in [6.07, 6.45) is 1.89. The summed E-state index contributed by atoms with van der Waals surface area (Å²) in [4.78, 5) is 30.2. The van der Waals surface area contributed by atoms with Gasteiger partial charge in [-0.3, -0.25) is 10.1 Å². The number of carboxylic acids is 1. The van der Waals surface area contributed by atoms with E-state index in [1.807, 2.05) is 0 Å². The molecule has 0 spiro atoms. The Balaban J connectivity index is 2.52. The highest BCUT2D eigenvalue weighted by atomic mass is 16.4. The van der Waals surface area contributed by atoms with E-state index in [1.54, 1.807) is 33.0 Å². The Labute approximate surface area is 111 Å². The van der Waals surface area contributed by atoms with Crippen LogP contribution in [-0.2, 0) is 4.79 Å². The Kier molecular flexibility index (Phi) is 4.80. The van der Waals surface area contributed by atoms with Crippen LogP contribution < -0.4 is 10.6 Å². The Morgan fingerprint density at radius 3 is 2.68 bits per heavy atom.